The molecule has 4 aliphatic rings. The van der Waals surface area contributed by atoms with Gasteiger partial charge in [-0.1, -0.05) is 42.5 Å². The maximum absolute atomic E-state index is 2.59. The van der Waals surface area contributed by atoms with Gasteiger partial charge in [0.2, 0.25) is 0 Å². The van der Waals surface area contributed by atoms with Crippen LogP contribution in [-0.2, 0) is 6.42 Å². The van der Waals surface area contributed by atoms with Crippen molar-refractivity contribution in [3.63, 3.8) is 0 Å². The summed E-state index contributed by atoms with van der Waals surface area (Å²) in [5, 5.41) is 0. The number of allylic oxidation sites excluding steroid dienone is 2. The summed E-state index contributed by atoms with van der Waals surface area (Å²) in [5.74, 6) is 4.96. The minimum Gasteiger partial charge on any atom is -0.0848 e. The van der Waals surface area contributed by atoms with Crippen LogP contribution in [0, 0.1) is 35.0 Å². The second-order valence-corrected chi connectivity index (χ2v) is 7.46. The molecular weight excluding hydrogens is 228 g/mol. The second-order valence-electron chi connectivity index (χ2n) is 7.46. The average molecular weight is 250 g/mol. The summed E-state index contributed by atoms with van der Waals surface area (Å²) in [6.45, 7) is 0. The van der Waals surface area contributed by atoms with Crippen LogP contribution in [0.3, 0.4) is 0 Å². The zero-order valence-corrected chi connectivity index (χ0v) is 11.5. The van der Waals surface area contributed by atoms with E-state index in [0.717, 1.165) is 29.6 Å². The van der Waals surface area contributed by atoms with Gasteiger partial charge < -0.3 is 0 Å². The van der Waals surface area contributed by atoms with Crippen molar-refractivity contribution < 1.29 is 0 Å². The van der Waals surface area contributed by atoms with E-state index >= 15 is 0 Å². The Morgan fingerprint density at radius 2 is 1.89 bits per heavy atom. The molecule has 0 nitrogen and oxygen atoms in total. The molecule has 0 saturated heterocycles. The van der Waals surface area contributed by atoms with Gasteiger partial charge in [0.05, 0.1) is 0 Å². The largest absolute Gasteiger partial charge is 0.0848 e. The molecule has 0 spiro atoms. The summed E-state index contributed by atoms with van der Waals surface area (Å²) in [4.78, 5) is 0. The number of benzene rings is 1. The van der Waals surface area contributed by atoms with E-state index in [0.29, 0.717) is 5.41 Å². The number of hydrogen-bond donors (Lipinski definition) is 0. The summed E-state index contributed by atoms with van der Waals surface area (Å²) in [6.07, 6.45) is 12.6. The SMILES string of the molecule is C1=CC2CC1C1C3CCC(C3)C21Cc1ccccc1. The molecule has 6 atom stereocenters. The van der Waals surface area contributed by atoms with E-state index in [-0.39, 0.29) is 0 Å². The Kier molecular flexibility index (Phi) is 1.99. The molecule has 98 valence electrons. The van der Waals surface area contributed by atoms with E-state index < -0.39 is 0 Å². The van der Waals surface area contributed by atoms with Crippen LogP contribution < -0.4 is 0 Å². The van der Waals surface area contributed by atoms with Crippen LogP contribution in [0.15, 0.2) is 42.5 Å². The van der Waals surface area contributed by atoms with Gasteiger partial charge in [-0.05, 0) is 72.7 Å². The lowest BCUT2D eigenvalue weighted by Crippen LogP contribution is -2.41. The Hall–Kier alpha value is -1.04. The molecule has 0 N–H and O–H groups in total. The van der Waals surface area contributed by atoms with Crippen LogP contribution in [0.5, 0.6) is 0 Å². The van der Waals surface area contributed by atoms with Crippen molar-refractivity contribution >= 4 is 0 Å². The van der Waals surface area contributed by atoms with E-state index in [4.69, 9.17) is 0 Å². The fraction of sp³-hybridized carbons (Fsp3) is 0.579. The summed E-state index contributed by atoms with van der Waals surface area (Å²) in [6, 6.07) is 11.3. The molecule has 3 saturated carbocycles. The molecule has 0 amide bonds. The first-order valence-electron chi connectivity index (χ1n) is 8.10. The van der Waals surface area contributed by atoms with Crippen LogP contribution in [0.1, 0.15) is 31.2 Å². The van der Waals surface area contributed by atoms with Gasteiger partial charge in [-0.2, -0.15) is 0 Å². The highest BCUT2D eigenvalue weighted by Gasteiger charge is 2.66. The highest BCUT2D eigenvalue weighted by molar-refractivity contribution is 5.29. The standard InChI is InChI=1S/C19H22/c1-2-4-13(5-3-1)12-19-16-8-6-14(10-16)18(19)15-7-9-17(19)11-15/h1-6,8,14-18H,7,9-12H2. The maximum atomic E-state index is 2.59. The molecule has 1 aromatic carbocycles. The predicted molar refractivity (Wildman–Crippen MR) is 77.6 cm³/mol. The Bertz CT molecular complexity index is 528. The van der Waals surface area contributed by atoms with Gasteiger partial charge in [-0.3, -0.25) is 0 Å². The summed E-state index contributed by atoms with van der Waals surface area (Å²) in [7, 11) is 0. The molecule has 4 bridgehead atoms. The van der Waals surface area contributed by atoms with Crippen LogP contribution in [0.25, 0.3) is 0 Å². The van der Waals surface area contributed by atoms with Crippen LogP contribution >= 0.6 is 0 Å². The summed E-state index contributed by atoms with van der Waals surface area (Å²) >= 11 is 0. The third kappa shape index (κ3) is 1.21. The van der Waals surface area contributed by atoms with Crippen LogP contribution in [-0.4, -0.2) is 0 Å². The van der Waals surface area contributed by atoms with Gasteiger partial charge >= 0.3 is 0 Å². The molecule has 0 aliphatic heterocycles. The highest BCUT2D eigenvalue weighted by atomic mass is 14.7. The molecule has 0 heterocycles. The predicted octanol–water partition coefficient (Wildman–Crippen LogP) is 4.47. The van der Waals surface area contributed by atoms with Crippen molar-refractivity contribution in [3.8, 4) is 0 Å². The van der Waals surface area contributed by atoms with Gasteiger partial charge in [0, 0.05) is 0 Å². The van der Waals surface area contributed by atoms with Crippen LogP contribution in [0.2, 0.25) is 0 Å². The molecule has 0 radical (unpaired) electrons. The van der Waals surface area contributed by atoms with Crippen molar-refractivity contribution in [3.05, 3.63) is 48.0 Å². The average Bonchev–Trinajstić information content (AvgIpc) is 3.18. The van der Waals surface area contributed by atoms with E-state index in [1.807, 2.05) is 0 Å². The Morgan fingerprint density at radius 1 is 1.00 bits per heavy atom. The third-order valence-electron chi connectivity index (χ3n) is 6.98. The van der Waals surface area contributed by atoms with Crippen molar-refractivity contribution in [1.82, 2.24) is 0 Å². The Labute approximate surface area is 115 Å². The smallest absolute Gasteiger partial charge is 0.0129 e. The monoisotopic (exact) mass is 250 g/mol. The van der Waals surface area contributed by atoms with E-state index in [1.165, 1.54) is 25.7 Å². The molecule has 3 fully saturated rings. The molecule has 19 heavy (non-hydrogen) atoms. The third-order valence-corrected chi connectivity index (χ3v) is 6.98. The fourth-order valence-electron chi connectivity index (χ4n) is 6.57. The lowest BCUT2D eigenvalue weighted by Gasteiger charge is -2.46. The first-order valence-corrected chi connectivity index (χ1v) is 8.10. The first kappa shape index (κ1) is 10.7. The quantitative estimate of drug-likeness (QED) is 0.537. The molecule has 6 unspecified atom stereocenters. The topological polar surface area (TPSA) is 0 Å². The van der Waals surface area contributed by atoms with Gasteiger partial charge in [0.1, 0.15) is 0 Å². The van der Waals surface area contributed by atoms with Gasteiger partial charge in [0.15, 0.2) is 0 Å². The first-order chi connectivity index (χ1) is 9.38. The summed E-state index contributed by atoms with van der Waals surface area (Å²) < 4.78 is 0. The maximum Gasteiger partial charge on any atom is -0.0129 e. The Balaban J connectivity index is 1.60. The number of fused-ring (bicyclic) bond motifs is 9. The normalized spacial score (nSPS) is 48.9. The van der Waals surface area contributed by atoms with Gasteiger partial charge in [0.25, 0.3) is 0 Å². The van der Waals surface area contributed by atoms with E-state index in [9.17, 15) is 0 Å². The van der Waals surface area contributed by atoms with E-state index in [1.54, 1.807) is 12.0 Å². The summed E-state index contributed by atoms with van der Waals surface area (Å²) in [5.41, 5.74) is 2.24. The highest BCUT2D eigenvalue weighted by Crippen LogP contribution is 2.73. The number of rotatable bonds is 2. The molecule has 1 aromatic rings. The van der Waals surface area contributed by atoms with E-state index in [2.05, 4.69) is 42.5 Å². The molecule has 4 aliphatic carbocycles. The molecule has 0 heteroatoms. The molecule has 5 rings (SSSR count). The van der Waals surface area contributed by atoms with Crippen LogP contribution in [0.4, 0.5) is 0 Å². The van der Waals surface area contributed by atoms with Crippen molar-refractivity contribution in [2.75, 3.05) is 0 Å². The minimum atomic E-state index is 0.656. The lowest BCUT2D eigenvalue weighted by molar-refractivity contribution is 0.0641. The van der Waals surface area contributed by atoms with Gasteiger partial charge in [-0.15, -0.1) is 0 Å². The molecule has 0 aromatic heterocycles. The lowest BCUT2D eigenvalue weighted by atomic mass is 9.58. The van der Waals surface area contributed by atoms with Crippen molar-refractivity contribution in [2.24, 2.45) is 35.0 Å². The molecular formula is C19H22. The zero-order valence-electron chi connectivity index (χ0n) is 11.5. The van der Waals surface area contributed by atoms with Crippen molar-refractivity contribution in [2.45, 2.75) is 32.1 Å². The minimum absolute atomic E-state index is 0.656. The second kappa shape index (κ2) is 3.53. The Morgan fingerprint density at radius 3 is 2.79 bits per heavy atom. The fourth-order valence-corrected chi connectivity index (χ4v) is 6.57. The van der Waals surface area contributed by atoms with Crippen molar-refractivity contribution in [1.29, 1.82) is 0 Å². The number of hydrogen-bond acceptors (Lipinski definition) is 0. The zero-order chi connectivity index (χ0) is 12.4. The van der Waals surface area contributed by atoms with Gasteiger partial charge in [-0.25, -0.2) is 0 Å².